The molecule has 3 heterocycles. The normalized spacial score (nSPS) is 23.7. The molecule has 2 aliphatic heterocycles. The second-order valence-corrected chi connectivity index (χ2v) is 9.13. The minimum absolute atomic E-state index is 0.126. The molecular weight excluding hydrogens is 376 g/mol. The number of hydrogen-bond acceptors (Lipinski definition) is 4. The molecule has 0 bridgehead atoms. The molecule has 1 aromatic heterocycles. The van der Waals surface area contributed by atoms with Gasteiger partial charge in [0.15, 0.2) is 0 Å². The lowest BCUT2D eigenvalue weighted by atomic mass is 10.1. The molecule has 1 unspecified atom stereocenters. The van der Waals surface area contributed by atoms with Crippen molar-refractivity contribution in [3.63, 3.8) is 0 Å². The highest BCUT2D eigenvalue weighted by atomic mass is 16.2. The van der Waals surface area contributed by atoms with Gasteiger partial charge in [-0.3, -0.25) is 19.1 Å². The highest BCUT2D eigenvalue weighted by Crippen LogP contribution is 2.36. The van der Waals surface area contributed by atoms with Crippen LogP contribution < -0.4 is 5.56 Å². The fourth-order valence-electron chi connectivity index (χ4n) is 5.65. The summed E-state index contributed by atoms with van der Waals surface area (Å²) in [5.74, 6) is 1.25. The van der Waals surface area contributed by atoms with E-state index in [0.717, 1.165) is 81.4 Å². The molecule has 0 radical (unpaired) electrons. The highest BCUT2D eigenvalue weighted by molar-refractivity contribution is 5.77. The molecule has 0 spiro atoms. The maximum absolute atomic E-state index is 13.5. The van der Waals surface area contributed by atoms with Gasteiger partial charge in [-0.25, -0.2) is 4.98 Å². The largest absolute Gasteiger partial charge is 0.341 e. The third-order valence-corrected chi connectivity index (χ3v) is 7.27. The Balaban J connectivity index is 1.47. The van der Waals surface area contributed by atoms with Crippen LogP contribution in [0.15, 0.2) is 29.1 Å². The van der Waals surface area contributed by atoms with Crippen molar-refractivity contribution >= 4 is 16.8 Å². The molecule has 1 aromatic carbocycles. The van der Waals surface area contributed by atoms with Gasteiger partial charge in [-0.2, -0.15) is 0 Å². The van der Waals surface area contributed by atoms with Crippen LogP contribution in [0.4, 0.5) is 0 Å². The number of piperidine rings is 1. The standard InChI is InChI=1S/C24H32N4O2/c29-22-13-5-6-14-27(22)17-16-26-15-7-12-21(26)23-25-20-11-4-3-10-19(20)24(30)28(23)18-8-1-2-9-18/h3-4,10-11,18,21H,1-2,5-9,12-17H2. The number of aromatic nitrogens is 2. The van der Waals surface area contributed by atoms with E-state index in [1.807, 2.05) is 33.7 Å². The summed E-state index contributed by atoms with van der Waals surface area (Å²) in [7, 11) is 0. The van der Waals surface area contributed by atoms with E-state index in [1.165, 1.54) is 12.8 Å². The lowest BCUT2D eigenvalue weighted by Gasteiger charge is -2.32. The number of benzene rings is 1. The Kier molecular flexibility index (Phi) is 5.59. The zero-order valence-corrected chi connectivity index (χ0v) is 17.8. The number of para-hydroxylation sites is 1. The first-order valence-corrected chi connectivity index (χ1v) is 11.8. The minimum atomic E-state index is 0.126. The van der Waals surface area contributed by atoms with Gasteiger partial charge < -0.3 is 4.90 Å². The van der Waals surface area contributed by atoms with Gasteiger partial charge in [0.1, 0.15) is 5.82 Å². The topological polar surface area (TPSA) is 58.4 Å². The molecule has 30 heavy (non-hydrogen) atoms. The number of amides is 1. The number of carbonyl (C=O) groups is 1. The maximum atomic E-state index is 13.5. The van der Waals surface area contributed by atoms with E-state index >= 15 is 0 Å². The molecule has 5 rings (SSSR count). The third kappa shape index (κ3) is 3.66. The second-order valence-electron chi connectivity index (χ2n) is 9.13. The predicted octanol–water partition coefficient (Wildman–Crippen LogP) is 3.66. The number of rotatable bonds is 5. The Labute approximate surface area is 177 Å². The van der Waals surface area contributed by atoms with Crippen LogP contribution in [0.5, 0.6) is 0 Å². The first-order chi connectivity index (χ1) is 14.7. The van der Waals surface area contributed by atoms with Crippen molar-refractivity contribution in [3.05, 3.63) is 40.4 Å². The molecule has 2 aromatic rings. The van der Waals surface area contributed by atoms with Crippen molar-refractivity contribution in [2.24, 2.45) is 0 Å². The molecule has 0 N–H and O–H groups in total. The van der Waals surface area contributed by atoms with Crippen molar-refractivity contribution in [2.75, 3.05) is 26.2 Å². The van der Waals surface area contributed by atoms with Crippen LogP contribution in [0.3, 0.4) is 0 Å². The Morgan fingerprint density at radius 1 is 0.900 bits per heavy atom. The number of likely N-dealkylation sites (tertiary alicyclic amines) is 2. The zero-order valence-electron chi connectivity index (χ0n) is 17.8. The van der Waals surface area contributed by atoms with Crippen molar-refractivity contribution in [1.29, 1.82) is 0 Å². The predicted molar refractivity (Wildman–Crippen MR) is 117 cm³/mol. The SMILES string of the molecule is O=C1CCCCN1CCN1CCCC1c1nc2ccccc2c(=O)n1C1CCCC1. The summed E-state index contributed by atoms with van der Waals surface area (Å²) in [5, 5.41) is 0.733. The van der Waals surface area contributed by atoms with Crippen LogP contribution in [-0.2, 0) is 4.79 Å². The second kappa shape index (κ2) is 8.50. The van der Waals surface area contributed by atoms with E-state index < -0.39 is 0 Å². The summed E-state index contributed by atoms with van der Waals surface area (Å²) in [5.41, 5.74) is 0.936. The quantitative estimate of drug-likeness (QED) is 0.758. The summed E-state index contributed by atoms with van der Waals surface area (Å²) in [6.07, 6.45) is 9.50. The first kappa shape index (κ1) is 19.7. The minimum Gasteiger partial charge on any atom is -0.341 e. The van der Waals surface area contributed by atoms with E-state index in [9.17, 15) is 9.59 Å². The molecule has 160 valence electrons. The summed E-state index contributed by atoms with van der Waals surface area (Å²) in [6.45, 7) is 3.55. The van der Waals surface area contributed by atoms with Crippen molar-refractivity contribution < 1.29 is 4.79 Å². The molecule has 1 atom stereocenters. The maximum Gasteiger partial charge on any atom is 0.261 e. The van der Waals surface area contributed by atoms with E-state index in [1.54, 1.807) is 0 Å². The van der Waals surface area contributed by atoms with Crippen LogP contribution in [0.1, 0.15) is 75.7 Å². The van der Waals surface area contributed by atoms with Crippen LogP contribution in [0.25, 0.3) is 10.9 Å². The van der Waals surface area contributed by atoms with Crippen LogP contribution in [-0.4, -0.2) is 51.4 Å². The summed E-state index contributed by atoms with van der Waals surface area (Å²) < 4.78 is 2.05. The van der Waals surface area contributed by atoms with E-state index in [2.05, 4.69) is 4.90 Å². The van der Waals surface area contributed by atoms with Gasteiger partial charge in [0.2, 0.25) is 5.91 Å². The Morgan fingerprint density at radius 3 is 2.57 bits per heavy atom. The molecular formula is C24H32N4O2. The molecule has 6 nitrogen and oxygen atoms in total. The van der Waals surface area contributed by atoms with Crippen molar-refractivity contribution in [3.8, 4) is 0 Å². The summed E-state index contributed by atoms with van der Waals surface area (Å²) >= 11 is 0. The van der Waals surface area contributed by atoms with E-state index in [4.69, 9.17) is 4.98 Å². The molecule has 1 aliphatic carbocycles. The lowest BCUT2D eigenvalue weighted by Crippen LogP contribution is -2.42. The average Bonchev–Trinajstić information content (AvgIpc) is 3.45. The molecule has 2 saturated heterocycles. The monoisotopic (exact) mass is 408 g/mol. The van der Waals surface area contributed by atoms with E-state index in [-0.39, 0.29) is 17.6 Å². The van der Waals surface area contributed by atoms with Crippen molar-refractivity contribution in [1.82, 2.24) is 19.4 Å². The van der Waals surface area contributed by atoms with Crippen LogP contribution in [0, 0.1) is 0 Å². The number of fused-ring (bicyclic) bond motifs is 1. The van der Waals surface area contributed by atoms with Gasteiger partial charge in [0.25, 0.3) is 5.56 Å². The summed E-state index contributed by atoms with van der Waals surface area (Å²) in [4.78, 5) is 35.3. The fourth-order valence-corrected chi connectivity index (χ4v) is 5.65. The van der Waals surface area contributed by atoms with Gasteiger partial charge in [-0.1, -0.05) is 25.0 Å². The van der Waals surface area contributed by atoms with Crippen LogP contribution in [0.2, 0.25) is 0 Å². The lowest BCUT2D eigenvalue weighted by molar-refractivity contribution is -0.133. The molecule has 3 fully saturated rings. The average molecular weight is 409 g/mol. The Hall–Kier alpha value is -2.21. The van der Waals surface area contributed by atoms with Gasteiger partial charge in [-0.15, -0.1) is 0 Å². The van der Waals surface area contributed by atoms with Gasteiger partial charge in [0.05, 0.1) is 16.9 Å². The zero-order chi connectivity index (χ0) is 20.5. The Morgan fingerprint density at radius 2 is 1.73 bits per heavy atom. The molecule has 1 amide bonds. The third-order valence-electron chi connectivity index (χ3n) is 7.27. The molecule has 1 saturated carbocycles. The van der Waals surface area contributed by atoms with Crippen molar-refractivity contribution in [2.45, 2.75) is 69.9 Å². The fraction of sp³-hybridized carbons (Fsp3) is 0.625. The van der Waals surface area contributed by atoms with Crippen LogP contribution >= 0.6 is 0 Å². The summed E-state index contributed by atoms with van der Waals surface area (Å²) in [6, 6.07) is 8.21. The highest BCUT2D eigenvalue weighted by Gasteiger charge is 2.33. The number of nitrogens with zero attached hydrogens (tertiary/aromatic N) is 4. The van der Waals surface area contributed by atoms with Gasteiger partial charge in [0, 0.05) is 32.1 Å². The van der Waals surface area contributed by atoms with Gasteiger partial charge in [-0.05, 0) is 57.2 Å². The first-order valence-electron chi connectivity index (χ1n) is 11.8. The molecule has 6 heteroatoms. The smallest absolute Gasteiger partial charge is 0.261 e. The molecule has 3 aliphatic rings. The van der Waals surface area contributed by atoms with Gasteiger partial charge >= 0.3 is 0 Å². The number of hydrogen-bond donors (Lipinski definition) is 0. The Bertz CT molecular complexity index is 979. The van der Waals surface area contributed by atoms with E-state index in [0.29, 0.717) is 12.3 Å². The number of carbonyl (C=O) groups excluding carboxylic acids is 1.